The second-order valence-electron chi connectivity index (χ2n) is 6.83. The minimum Gasteiger partial charge on any atom is -0.493 e. The van der Waals surface area contributed by atoms with Crippen LogP contribution in [0.5, 0.6) is 5.75 Å². The van der Waals surface area contributed by atoms with Crippen molar-refractivity contribution in [2.75, 3.05) is 19.7 Å². The van der Waals surface area contributed by atoms with Gasteiger partial charge in [0.25, 0.3) is 5.56 Å². The number of benzene rings is 1. The number of aromatic amines is 1. The van der Waals surface area contributed by atoms with Crippen molar-refractivity contribution >= 4 is 35.1 Å². The monoisotopic (exact) mass is 399 g/mol. The van der Waals surface area contributed by atoms with E-state index in [1.807, 2.05) is 0 Å². The van der Waals surface area contributed by atoms with Crippen molar-refractivity contribution in [3.8, 4) is 5.75 Å². The molecule has 0 spiro atoms. The zero-order valence-corrected chi connectivity index (χ0v) is 16.1. The molecule has 0 amide bonds. The zero-order chi connectivity index (χ0) is 17.2. The number of fused-ring (bicyclic) bond motifs is 1. The predicted molar refractivity (Wildman–Crippen MR) is 105 cm³/mol. The summed E-state index contributed by atoms with van der Waals surface area (Å²) >= 11 is 1.80. The van der Waals surface area contributed by atoms with Gasteiger partial charge in [-0.05, 0) is 44.7 Å². The maximum atomic E-state index is 14.3. The third-order valence-corrected chi connectivity index (χ3v) is 6.09. The molecule has 8 heteroatoms. The molecule has 4 rings (SSSR count). The third kappa shape index (κ3) is 4.69. The molecule has 1 aliphatic carbocycles. The summed E-state index contributed by atoms with van der Waals surface area (Å²) in [6.07, 6.45) is 4.59. The van der Waals surface area contributed by atoms with Crippen LogP contribution in [-0.2, 0) is 5.75 Å². The van der Waals surface area contributed by atoms with Gasteiger partial charge in [0.15, 0.2) is 0 Å². The molecular formula is C18H23ClFN3O2S. The number of H-pyrrole nitrogens is 1. The first-order chi connectivity index (χ1) is 12.2. The van der Waals surface area contributed by atoms with Crippen LogP contribution >= 0.6 is 24.2 Å². The van der Waals surface area contributed by atoms with Gasteiger partial charge in [0.1, 0.15) is 22.8 Å². The van der Waals surface area contributed by atoms with Crippen molar-refractivity contribution in [2.24, 2.45) is 5.92 Å². The van der Waals surface area contributed by atoms with Crippen molar-refractivity contribution in [1.82, 2.24) is 15.3 Å². The Balaban J connectivity index is 0.00000196. The molecule has 0 bridgehead atoms. The van der Waals surface area contributed by atoms with Crippen LogP contribution in [0.1, 0.15) is 31.5 Å². The Morgan fingerprint density at radius 2 is 2.00 bits per heavy atom. The summed E-state index contributed by atoms with van der Waals surface area (Å²) in [4.78, 5) is 19.5. The van der Waals surface area contributed by atoms with Gasteiger partial charge in [-0.15, -0.1) is 12.4 Å². The van der Waals surface area contributed by atoms with Crippen LogP contribution in [0.15, 0.2) is 16.9 Å². The topological polar surface area (TPSA) is 67.0 Å². The molecule has 1 aliphatic heterocycles. The number of rotatable bonds is 6. The largest absolute Gasteiger partial charge is 0.493 e. The van der Waals surface area contributed by atoms with Crippen molar-refractivity contribution in [1.29, 1.82) is 0 Å². The minimum atomic E-state index is -0.574. The van der Waals surface area contributed by atoms with E-state index < -0.39 is 11.4 Å². The van der Waals surface area contributed by atoms with Gasteiger partial charge < -0.3 is 15.0 Å². The molecule has 2 fully saturated rings. The summed E-state index contributed by atoms with van der Waals surface area (Å²) in [7, 11) is 0. The molecule has 2 aromatic rings. The molecular weight excluding hydrogens is 377 g/mol. The number of ether oxygens (including phenoxy) is 1. The van der Waals surface area contributed by atoms with Crippen LogP contribution < -0.4 is 15.6 Å². The Kier molecular flexibility index (Phi) is 6.42. The van der Waals surface area contributed by atoms with E-state index in [4.69, 9.17) is 4.74 Å². The molecule has 0 radical (unpaired) electrons. The van der Waals surface area contributed by atoms with E-state index in [1.54, 1.807) is 17.8 Å². The fraction of sp³-hybridized carbons (Fsp3) is 0.556. The number of nitrogens with zero attached hydrogens (tertiary/aromatic N) is 1. The Morgan fingerprint density at radius 3 is 2.73 bits per heavy atom. The van der Waals surface area contributed by atoms with Crippen LogP contribution in [0.4, 0.5) is 4.39 Å². The number of hydrogen-bond donors (Lipinski definition) is 2. The summed E-state index contributed by atoms with van der Waals surface area (Å²) < 4.78 is 20.0. The standard InChI is InChI=1S/C18H22FN3O2S.ClH/c19-14-7-12(24-9-11-1-2-11)8-15-17(14)18(23)22-16(21-15)10-25-13-3-5-20-6-4-13;/h7-8,11,13,20H,1-6,9-10H2,(H,21,22,23);1H. The van der Waals surface area contributed by atoms with Crippen LogP contribution in [0.3, 0.4) is 0 Å². The third-order valence-electron chi connectivity index (χ3n) is 4.71. The summed E-state index contributed by atoms with van der Waals surface area (Å²) in [6.45, 7) is 2.67. The molecule has 1 saturated carbocycles. The highest BCUT2D eigenvalue weighted by Gasteiger charge is 2.22. The lowest BCUT2D eigenvalue weighted by atomic mass is 10.2. The first-order valence-electron chi connectivity index (χ1n) is 8.86. The van der Waals surface area contributed by atoms with Gasteiger partial charge in [-0.3, -0.25) is 4.79 Å². The smallest absolute Gasteiger partial charge is 0.261 e. The molecule has 0 atom stereocenters. The minimum absolute atomic E-state index is 0. The maximum Gasteiger partial charge on any atom is 0.261 e. The van der Waals surface area contributed by atoms with Crippen molar-refractivity contribution < 1.29 is 9.13 Å². The van der Waals surface area contributed by atoms with Crippen molar-refractivity contribution in [3.63, 3.8) is 0 Å². The van der Waals surface area contributed by atoms with Crippen LogP contribution in [0, 0.1) is 11.7 Å². The number of thioether (sulfide) groups is 1. The lowest BCUT2D eigenvalue weighted by molar-refractivity contribution is 0.299. The van der Waals surface area contributed by atoms with Gasteiger partial charge >= 0.3 is 0 Å². The molecule has 1 aromatic carbocycles. The lowest BCUT2D eigenvalue weighted by Gasteiger charge is -2.21. The Hall–Kier alpha value is -1.31. The van der Waals surface area contributed by atoms with E-state index in [2.05, 4.69) is 15.3 Å². The molecule has 2 heterocycles. The first-order valence-corrected chi connectivity index (χ1v) is 9.91. The molecule has 2 aliphatic rings. The van der Waals surface area contributed by atoms with E-state index in [0.29, 0.717) is 40.6 Å². The van der Waals surface area contributed by atoms with Gasteiger partial charge in [-0.25, -0.2) is 9.37 Å². The number of halogens is 2. The molecule has 1 aromatic heterocycles. The molecule has 26 heavy (non-hydrogen) atoms. The van der Waals surface area contributed by atoms with E-state index in [0.717, 1.165) is 25.9 Å². The maximum absolute atomic E-state index is 14.3. The van der Waals surface area contributed by atoms with Gasteiger partial charge in [0.05, 0.1) is 17.9 Å². The second kappa shape index (κ2) is 8.59. The Labute approximate surface area is 161 Å². The fourth-order valence-corrected chi connectivity index (χ4v) is 4.16. The predicted octanol–water partition coefficient (Wildman–Crippen LogP) is 3.26. The summed E-state index contributed by atoms with van der Waals surface area (Å²) in [5.74, 6) is 1.69. The molecule has 5 nitrogen and oxygen atoms in total. The van der Waals surface area contributed by atoms with Crippen LogP contribution in [0.25, 0.3) is 10.9 Å². The fourth-order valence-electron chi connectivity index (χ4n) is 3.06. The highest BCUT2D eigenvalue weighted by Crippen LogP contribution is 2.30. The number of hydrogen-bond acceptors (Lipinski definition) is 5. The lowest BCUT2D eigenvalue weighted by Crippen LogP contribution is -2.29. The second-order valence-corrected chi connectivity index (χ2v) is 8.12. The number of aromatic nitrogens is 2. The highest BCUT2D eigenvalue weighted by molar-refractivity contribution is 7.99. The molecule has 1 saturated heterocycles. The van der Waals surface area contributed by atoms with Gasteiger partial charge in [-0.2, -0.15) is 11.8 Å². The van der Waals surface area contributed by atoms with Gasteiger partial charge in [0, 0.05) is 17.4 Å². The summed E-state index contributed by atoms with van der Waals surface area (Å²) in [6, 6.07) is 2.96. The normalized spacial score (nSPS) is 17.9. The SMILES string of the molecule is Cl.O=c1[nH]c(CSC2CCNCC2)nc2cc(OCC3CC3)cc(F)c12. The Morgan fingerprint density at radius 1 is 1.23 bits per heavy atom. The quantitative estimate of drug-likeness (QED) is 0.780. The number of nitrogens with one attached hydrogen (secondary N) is 2. The van der Waals surface area contributed by atoms with E-state index in [9.17, 15) is 9.18 Å². The van der Waals surface area contributed by atoms with Crippen LogP contribution in [0.2, 0.25) is 0 Å². The van der Waals surface area contributed by atoms with Crippen molar-refractivity contribution in [2.45, 2.75) is 36.7 Å². The molecule has 142 valence electrons. The van der Waals surface area contributed by atoms with Crippen LogP contribution in [-0.4, -0.2) is 34.9 Å². The van der Waals surface area contributed by atoms with Gasteiger partial charge in [0.2, 0.25) is 0 Å². The molecule has 0 unspecified atom stereocenters. The summed E-state index contributed by atoms with van der Waals surface area (Å²) in [5.41, 5.74) is -0.0485. The average Bonchev–Trinajstić information content (AvgIpc) is 3.43. The molecule has 2 N–H and O–H groups in total. The first kappa shape index (κ1) is 19.5. The van der Waals surface area contributed by atoms with Gasteiger partial charge in [-0.1, -0.05) is 0 Å². The number of piperidine rings is 1. The van der Waals surface area contributed by atoms with E-state index in [1.165, 1.54) is 18.9 Å². The highest BCUT2D eigenvalue weighted by atomic mass is 35.5. The van der Waals surface area contributed by atoms with E-state index in [-0.39, 0.29) is 17.8 Å². The summed E-state index contributed by atoms with van der Waals surface area (Å²) in [5, 5.41) is 3.93. The zero-order valence-electron chi connectivity index (χ0n) is 14.4. The van der Waals surface area contributed by atoms with E-state index >= 15 is 0 Å². The van der Waals surface area contributed by atoms with Crippen molar-refractivity contribution in [3.05, 3.63) is 34.1 Å². The Bertz CT molecular complexity index is 822. The average molecular weight is 400 g/mol.